The fraction of sp³-hybridized carbons (Fsp3) is 0.639. The molecule has 1 aromatic carbocycles. The van der Waals surface area contributed by atoms with Crippen LogP contribution in [0, 0.1) is 24.5 Å². The number of nitrogens with one attached hydrogen (secondary N) is 1. The first-order valence-corrected chi connectivity index (χ1v) is 17.7. The first-order valence-electron chi connectivity index (χ1n) is 17.7. The van der Waals surface area contributed by atoms with Gasteiger partial charge in [0.05, 0.1) is 22.3 Å². The van der Waals surface area contributed by atoms with Crippen molar-refractivity contribution < 1.29 is 31.1 Å². The van der Waals surface area contributed by atoms with Crippen molar-refractivity contribution in [3.05, 3.63) is 34.5 Å². The summed E-state index contributed by atoms with van der Waals surface area (Å²) in [7, 11) is 1.78. The van der Waals surface area contributed by atoms with E-state index in [4.69, 9.17) is 10.5 Å². The number of aromatic nitrogens is 3. The van der Waals surface area contributed by atoms with Gasteiger partial charge in [-0.1, -0.05) is 41.0 Å². The molecule has 14 heteroatoms. The van der Waals surface area contributed by atoms with Gasteiger partial charge in [0.1, 0.15) is 35.6 Å². The number of halogens is 6. The highest BCUT2D eigenvalue weighted by Crippen LogP contribution is 2.44. The Kier molecular flexibility index (Phi) is 13.2. The predicted molar refractivity (Wildman–Crippen MR) is 186 cm³/mol. The van der Waals surface area contributed by atoms with Crippen LogP contribution in [0.4, 0.5) is 37.8 Å². The molecule has 0 bridgehead atoms. The van der Waals surface area contributed by atoms with Crippen molar-refractivity contribution >= 4 is 22.4 Å². The topological polar surface area (TPSA) is 92.4 Å². The largest absolute Gasteiger partial charge is 0.462 e. The van der Waals surface area contributed by atoms with Gasteiger partial charge in [-0.2, -0.15) is 23.1 Å². The zero-order valence-electron chi connectivity index (χ0n) is 30.2. The van der Waals surface area contributed by atoms with Crippen LogP contribution in [0.3, 0.4) is 0 Å². The molecule has 2 saturated heterocycles. The van der Waals surface area contributed by atoms with Crippen molar-refractivity contribution in [3.63, 3.8) is 0 Å². The lowest BCUT2D eigenvalue weighted by Gasteiger charge is -2.25. The second-order valence-corrected chi connectivity index (χ2v) is 13.4. The maximum Gasteiger partial charge on any atom is 0.417 e. The van der Waals surface area contributed by atoms with E-state index in [0.717, 1.165) is 45.3 Å². The molecular formula is C36H51F6N7O. The molecule has 0 radical (unpaired) electrons. The minimum Gasteiger partial charge on any atom is -0.462 e. The zero-order chi connectivity index (χ0) is 36.9. The number of ether oxygens (including phenoxy) is 1. The quantitative estimate of drug-likeness (QED) is 0.105. The van der Waals surface area contributed by atoms with E-state index in [1.54, 1.807) is 7.05 Å². The van der Waals surface area contributed by atoms with Gasteiger partial charge in [-0.05, 0) is 69.7 Å². The van der Waals surface area contributed by atoms with E-state index in [0.29, 0.717) is 37.7 Å². The molecule has 2 fully saturated rings. The molecule has 0 amide bonds. The van der Waals surface area contributed by atoms with Crippen molar-refractivity contribution in [1.82, 2.24) is 25.2 Å². The Labute approximate surface area is 291 Å². The Morgan fingerprint density at radius 1 is 1.12 bits per heavy atom. The van der Waals surface area contributed by atoms with E-state index < -0.39 is 52.1 Å². The van der Waals surface area contributed by atoms with Crippen LogP contribution in [-0.4, -0.2) is 77.9 Å². The number of aryl methyl sites for hydroxylation is 1. The average Bonchev–Trinajstić information content (AvgIpc) is 3.67. The number of nitrogens with zero attached hydrogens (tertiary/aromatic N) is 5. The molecule has 2 aliphatic rings. The van der Waals surface area contributed by atoms with Gasteiger partial charge in [0, 0.05) is 37.8 Å². The third-order valence-electron chi connectivity index (χ3n) is 9.39. The molecular weight excluding hydrogens is 660 g/mol. The van der Waals surface area contributed by atoms with Gasteiger partial charge >= 0.3 is 12.2 Å². The van der Waals surface area contributed by atoms with Crippen molar-refractivity contribution in [3.8, 4) is 17.3 Å². The highest BCUT2D eigenvalue weighted by molar-refractivity contribution is 5.95. The lowest BCUT2D eigenvalue weighted by atomic mass is 9.95. The molecule has 5 rings (SSSR count). The molecule has 8 nitrogen and oxygen atoms in total. The fourth-order valence-corrected chi connectivity index (χ4v) is 6.93. The molecule has 0 saturated carbocycles. The number of rotatable bonds is 13. The molecule has 0 spiro atoms. The number of pyridine rings is 1. The number of likely N-dealkylation sites (N-methyl/N-ethyl adjacent to an activating group) is 1. The summed E-state index contributed by atoms with van der Waals surface area (Å²) < 4.78 is 95.3. The molecule has 50 heavy (non-hydrogen) atoms. The number of hydrogen-bond donors (Lipinski definition) is 2. The zero-order valence-corrected chi connectivity index (χ0v) is 30.2. The minimum absolute atomic E-state index is 0.0651. The minimum atomic E-state index is -5.03. The van der Waals surface area contributed by atoms with Crippen LogP contribution in [-0.2, 0) is 12.6 Å². The first kappa shape index (κ1) is 39.4. The van der Waals surface area contributed by atoms with Crippen LogP contribution in [0.1, 0.15) is 83.5 Å². The highest BCUT2D eigenvalue weighted by Gasteiger charge is 2.44. The number of hydrogen-bond acceptors (Lipinski definition) is 8. The summed E-state index contributed by atoms with van der Waals surface area (Å²) in [6.45, 7) is 13.8. The molecule has 3 N–H and O–H groups in total. The monoisotopic (exact) mass is 711 g/mol. The molecule has 278 valence electrons. The number of benzene rings is 1. The maximum absolute atomic E-state index is 16.7. The van der Waals surface area contributed by atoms with Crippen LogP contribution in [0.2, 0.25) is 0 Å². The molecule has 3 atom stereocenters. The Morgan fingerprint density at radius 3 is 2.50 bits per heavy atom. The Hall–Kier alpha value is -3.39. The van der Waals surface area contributed by atoms with Crippen molar-refractivity contribution in [2.75, 3.05) is 50.5 Å². The lowest BCUT2D eigenvalue weighted by molar-refractivity contribution is -0.137. The average molecular weight is 712 g/mol. The van der Waals surface area contributed by atoms with Crippen LogP contribution in [0.25, 0.3) is 22.2 Å². The number of fused-ring (bicyclic) bond motifs is 2. The van der Waals surface area contributed by atoms with E-state index in [-0.39, 0.29) is 47.7 Å². The summed E-state index contributed by atoms with van der Waals surface area (Å²) in [4.78, 5) is 17.4. The van der Waals surface area contributed by atoms with E-state index in [2.05, 4.69) is 39.0 Å². The van der Waals surface area contributed by atoms with Crippen molar-refractivity contribution in [1.29, 1.82) is 0 Å². The van der Waals surface area contributed by atoms with Crippen LogP contribution in [0.15, 0.2) is 6.07 Å². The number of nitrogen functional groups attached to an aromatic ring is 1. The fourth-order valence-electron chi connectivity index (χ4n) is 6.93. The first-order chi connectivity index (χ1) is 23.7. The summed E-state index contributed by atoms with van der Waals surface area (Å²) in [6.07, 6.45) is -2.25. The van der Waals surface area contributed by atoms with Gasteiger partial charge in [0.2, 0.25) is 0 Å². The maximum atomic E-state index is 16.7. The van der Waals surface area contributed by atoms with Crippen molar-refractivity contribution in [2.45, 2.75) is 104 Å². The summed E-state index contributed by atoms with van der Waals surface area (Å²) in [5.41, 5.74) is 1.78. The molecule has 2 aromatic heterocycles. The third kappa shape index (κ3) is 8.38. The van der Waals surface area contributed by atoms with Crippen LogP contribution in [0.5, 0.6) is 6.01 Å². The van der Waals surface area contributed by atoms with Crippen LogP contribution < -0.4 is 20.7 Å². The number of alkyl halides is 4. The van der Waals surface area contributed by atoms with E-state index in [9.17, 15) is 22.0 Å². The Balaban J connectivity index is 0.00000276. The summed E-state index contributed by atoms with van der Waals surface area (Å²) >= 11 is 0. The summed E-state index contributed by atoms with van der Waals surface area (Å²) in [5, 5.41) is 3.64. The molecule has 2 aliphatic heterocycles. The van der Waals surface area contributed by atoms with Gasteiger partial charge in [-0.15, -0.1) is 0 Å². The second-order valence-electron chi connectivity index (χ2n) is 13.4. The van der Waals surface area contributed by atoms with E-state index in [1.807, 2.05) is 25.7 Å². The van der Waals surface area contributed by atoms with Crippen molar-refractivity contribution in [2.24, 2.45) is 5.92 Å². The van der Waals surface area contributed by atoms with Crippen LogP contribution >= 0.6 is 0 Å². The standard InChI is InChI=1S/C34H45F6N7O.C2H6/c1-6-8-24-26-31(29(37)30(43-24)21-16-23(41)28(36)19(4)27(21)34(38,39)40)44-33(45-32(26)46(5)14-12-42-11-10-18(2)3)48-17-20-15-22(35)25-9-7-13-47(20)25;1-2/h16,18,20,22,25,42H,6-15,17,41H2,1-5H3;1-2H3. The van der Waals surface area contributed by atoms with Gasteiger partial charge in [-0.25, -0.2) is 18.2 Å². The molecule has 4 heterocycles. The number of nitrogens with two attached hydrogens (primary N) is 1. The van der Waals surface area contributed by atoms with E-state index >= 15 is 4.39 Å². The summed E-state index contributed by atoms with van der Waals surface area (Å²) in [5.74, 6) is -1.53. The van der Waals surface area contributed by atoms with Gasteiger partial charge in [0.25, 0.3) is 0 Å². The third-order valence-corrected chi connectivity index (χ3v) is 9.39. The summed E-state index contributed by atoms with van der Waals surface area (Å²) in [6, 6.07) is 0.218. The Bertz CT molecular complexity index is 1620. The van der Waals surface area contributed by atoms with E-state index in [1.165, 1.54) is 0 Å². The SMILES string of the molecule is CC.CCCc1nc(-c2cc(N)c(F)c(C)c2C(F)(F)F)c(F)c2nc(OCC3CC(F)C4CCCN34)nc(N(C)CCNCCC(C)C)c12. The molecule has 0 aliphatic carbocycles. The van der Waals surface area contributed by atoms with Gasteiger partial charge < -0.3 is 20.7 Å². The molecule has 3 aromatic rings. The predicted octanol–water partition coefficient (Wildman–Crippen LogP) is 7.88. The lowest BCUT2D eigenvalue weighted by Crippen LogP contribution is -2.36. The highest BCUT2D eigenvalue weighted by atomic mass is 19.4. The van der Waals surface area contributed by atoms with Gasteiger partial charge in [-0.3, -0.25) is 4.90 Å². The Morgan fingerprint density at radius 2 is 1.84 bits per heavy atom. The second kappa shape index (κ2) is 16.8. The number of anilines is 2. The normalized spacial score (nSPS) is 19.2. The smallest absolute Gasteiger partial charge is 0.417 e. The molecule has 3 unspecified atom stereocenters. The van der Waals surface area contributed by atoms with Gasteiger partial charge in [0.15, 0.2) is 5.82 Å².